The van der Waals surface area contributed by atoms with Gasteiger partial charge in [-0.1, -0.05) is 12.2 Å². The van der Waals surface area contributed by atoms with Crippen LogP contribution in [0.25, 0.3) is 0 Å². The molecule has 0 unspecified atom stereocenters. The van der Waals surface area contributed by atoms with Gasteiger partial charge in [-0.2, -0.15) is 5.10 Å². The number of nitrogens with zero attached hydrogens (tertiary/aromatic N) is 5. The Balaban J connectivity index is 1.28. The lowest BCUT2D eigenvalue weighted by atomic mass is 9.76. The molecule has 3 aliphatic rings. The van der Waals surface area contributed by atoms with Crippen LogP contribution in [0.2, 0.25) is 0 Å². The lowest BCUT2D eigenvalue weighted by Gasteiger charge is -2.27. The van der Waals surface area contributed by atoms with Crippen molar-refractivity contribution in [3.63, 3.8) is 0 Å². The van der Waals surface area contributed by atoms with Gasteiger partial charge in [-0.25, -0.2) is 0 Å². The number of amides is 2. The van der Waals surface area contributed by atoms with E-state index in [0.29, 0.717) is 26.2 Å². The van der Waals surface area contributed by atoms with Gasteiger partial charge in [0.2, 0.25) is 11.8 Å². The van der Waals surface area contributed by atoms with Crippen molar-refractivity contribution in [1.82, 2.24) is 24.6 Å². The predicted molar refractivity (Wildman–Crippen MR) is 108 cm³/mol. The van der Waals surface area contributed by atoms with Crippen molar-refractivity contribution in [3.05, 3.63) is 60.7 Å². The van der Waals surface area contributed by atoms with Crippen LogP contribution < -0.4 is 0 Å². The van der Waals surface area contributed by atoms with Crippen LogP contribution in [0, 0.1) is 11.8 Å². The van der Waals surface area contributed by atoms with Crippen LogP contribution >= 0.6 is 0 Å². The standard InChI is InChI=1S/C22H25N5O3/c1-25(13-14-27-11-2-8-24-27)20(28)18-17-3-7-22(30-17)15-26(21(29)19(18)22)12-6-16-4-9-23-10-5-16/h2-5,7-11,17-19H,6,12-15H2,1H3/t17-,18-,19-,22-/m0/s1. The topological polar surface area (TPSA) is 80.6 Å². The van der Waals surface area contributed by atoms with Crippen LogP contribution in [0.5, 0.6) is 0 Å². The molecule has 0 aromatic carbocycles. The summed E-state index contributed by atoms with van der Waals surface area (Å²) in [7, 11) is 1.79. The molecule has 8 heteroatoms. The molecule has 3 aliphatic heterocycles. The number of hydrogen-bond donors (Lipinski definition) is 0. The van der Waals surface area contributed by atoms with Crippen molar-refractivity contribution in [2.45, 2.75) is 24.7 Å². The molecule has 156 valence electrons. The molecule has 1 spiro atoms. The summed E-state index contributed by atoms with van der Waals surface area (Å²) in [4.78, 5) is 34.1. The highest BCUT2D eigenvalue weighted by molar-refractivity contribution is 5.93. The molecule has 0 N–H and O–H groups in total. The van der Waals surface area contributed by atoms with E-state index in [2.05, 4.69) is 10.1 Å². The van der Waals surface area contributed by atoms with Crippen molar-refractivity contribution in [1.29, 1.82) is 0 Å². The zero-order chi connectivity index (χ0) is 20.7. The van der Waals surface area contributed by atoms with E-state index in [4.69, 9.17) is 4.74 Å². The second kappa shape index (κ2) is 7.36. The third-order valence-electron chi connectivity index (χ3n) is 6.48. The van der Waals surface area contributed by atoms with Crippen LogP contribution in [-0.4, -0.2) is 74.8 Å². The van der Waals surface area contributed by atoms with Gasteiger partial charge in [0.25, 0.3) is 0 Å². The predicted octanol–water partition coefficient (Wildman–Crippen LogP) is 0.761. The first kappa shape index (κ1) is 19.0. The molecule has 2 aromatic heterocycles. The molecule has 0 radical (unpaired) electrons. The molecule has 5 rings (SSSR count). The Morgan fingerprint density at radius 1 is 1.30 bits per heavy atom. The lowest BCUT2D eigenvalue weighted by Crippen LogP contribution is -2.45. The molecule has 30 heavy (non-hydrogen) atoms. The Morgan fingerprint density at radius 2 is 2.13 bits per heavy atom. The molecule has 2 saturated heterocycles. The summed E-state index contributed by atoms with van der Waals surface area (Å²) < 4.78 is 8.02. The van der Waals surface area contributed by atoms with Crippen LogP contribution in [0.1, 0.15) is 5.56 Å². The zero-order valence-corrected chi connectivity index (χ0v) is 16.9. The summed E-state index contributed by atoms with van der Waals surface area (Å²) >= 11 is 0. The third-order valence-corrected chi connectivity index (χ3v) is 6.48. The van der Waals surface area contributed by atoms with E-state index in [-0.39, 0.29) is 17.9 Å². The molecule has 0 saturated carbocycles. The van der Waals surface area contributed by atoms with Crippen LogP contribution in [0.4, 0.5) is 0 Å². The van der Waals surface area contributed by atoms with E-state index in [9.17, 15) is 9.59 Å². The summed E-state index contributed by atoms with van der Waals surface area (Å²) in [6, 6.07) is 5.78. The highest BCUT2D eigenvalue weighted by Gasteiger charge is 2.66. The first-order valence-electron chi connectivity index (χ1n) is 10.3. The molecule has 2 amide bonds. The second-order valence-electron chi connectivity index (χ2n) is 8.29. The van der Waals surface area contributed by atoms with Gasteiger partial charge in [-0.05, 0) is 30.2 Å². The molecule has 2 aromatic rings. The summed E-state index contributed by atoms with van der Waals surface area (Å²) in [5.41, 5.74) is 0.475. The molecular formula is C22H25N5O3. The zero-order valence-electron chi connectivity index (χ0n) is 16.9. The van der Waals surface area contributed by atoms with Crippen LogP contribution in [0.15, 0.2) is 55.1 Å². The number of likely N-dealkylation sites (tertiary alicyclic amines) is 1. The van der Waals surface area contributed by atoms with Gasteiger partial charge in [0.1, 0.15) is 5.60 Å². The average molecular weight is 407 g/mol. The molecular weight excluding hydrogens is 382 g/mol. The van der Waals surface area contributed by atoms with Crippen molar-refractivity contribution in [2.24, 2.45) is 11.8 Å². The largest absolute Gasteiger partial charge is 0.360 e. The maximum atomic E-state index is 13.3. The lowest BCUT2D eigenvalue weighted by molar-refractivity contribution is -0.142. The molecule has 2 fully saturated rings. The van der Waals surface area contributed by atoms with Crippen molar-refractivity contribution >= 4 is 11.8 Å². The van der Waals surface area contributed by atoms with Gasteiger partial charge in [-0.15, -0.1) is 0 Å². The highest BCUT2D eigenvalue weighted by Crippen LogP contribution is 2.52. The Kier molecular flexibility index (Phi) is 4.66. The maximum absolute atomic E-state index is 13.3. The van der Waals surface area contributed by atoms with E-state index < -0.39 is 17.4 Å². The quantitative estimate of drug-likeness (QED) is 0.633. The van der Waals surface area contributed by atoms with Gasteiger partial charge in [-0.3, -0.25) is 19.3 Å². The first-order valence-corrected chi connectivity index (χ1v) is 10.3. The molecule has 8 nitrogen and oxygen atoms in total. The van der Waals surface area contributed by atoms with Crippen molar-refractivity contribution < 1.29 is 14.3 Å². The smallest absolute Gasteiger partial charge is 0.230 e. The number of likely N-dealkylation sites (N-methyl/N-ethyl adjacent to an activating group) is 1. The Hall–Kier alpha value is -3.00. The van der Waals surface area contributed by atoms with Gasteiger partial charge < -0.3 is 14.5 Å². The minimum absolute atomic E-state index is 0.0229. The average Bonchev–Trinajstić information content (AvgIpc) is 3.53. The van der Waals surface area contributed by atoms with Gasteiger partial charge >= 0.3 is 0 Å². The number of carbonyl (C=O) groups is 2. The highest BCUT2D eigenvalue weighted by atomic mass is 16.5. The molecule has 2 bridgehead atoms. The van der Waals surface area contributed by atoms with Crippen LogP contribution in [0.3, 0.4) is 0 Å². The maximum Gasteiger partial charge on any atom is 0.230 e. The van der Waals surface area contributed by atoms with Gasteiger partial charge in [0.15, 0.2) is 0 Å². The molecule has 5 heterocycles. The van der Waals surface area contributed by atoms with E-state index in [0.717, 1.165) is 12.0 Å². The number of rotatable bonds is 7. The Bertz CT molecular complexity index is 960. The summed E-state index contributed by atoms with van der Waals surface area (Å²) in [6.07, 6.45) is 11.5. The minimum Gasteiger partial charge on any atom is -0.360 e. The summed E-state index contributed by atoms with van der Waals surface area (Å²) in [5.74, 6) is -0.914. The van der Waals surface area contributed by atoms with Gasteiger partial charge in [0, 0.05) is 44.9 Å². The second-order valence-corrected chi connectivity index (χ2v) is 8.29. The van der Waals surface area contributed by atoms with E-state index >= 15 is 0 Å². The normalized spacial score (nSPS) is 28.9. The van der Waals surface area contributed by atoms with Crippen molar-refractivity contribution in [2.75, 3.05) is 26.7 Å². The fourth-order valence-corrected chi connectivity index (χ4v) is 4.91. The van der Waals surface area contributed by atoms with E-state index in [1.807, 2.05) is 41.4 Å². The van der Waals surface area contributed by atoms with Crippen LogP contribution in [-0.2, 0) is 27.3 Å². The number of aromatic nitrogens is 3. The third kappa shape index (κ3) is 3.11. The van der Waals surface area contributed by atoms with Crippen molar-refractivity contribution in [3.8, 4) is 0 Å². The number of carbonyl (C=O) groups excluding carboxylic acids is 2. The fraction of sp³-hybridized carbons (Fsp3) is 0.455. The number of pyridine rings is 1. The Labute approximate surface area is 175 Å². The van der Waals surface area contributed by atoms with E-state index in [1.165, 1.54) is 0 Å². The monoisotopic (exact) mass is 407 g/mol. The fourth-order valence-electron chi connectivity index (χ4n) is 4.91. The number of fused-ring (bicyclic) bond motifs is 1. The van der Waals surface area contributed by atoms with Gasteiger partial charge in [0.05, 0.1) is 31.0 Å². The number of ether oxygens (including phenoxy) is 1. The molecule has 0 aliphatic carbocycles. The SMILES string of the molecule is CN(CCn1cccn1)C(=O)[C@H]1[C@@H]2C=C[C@@]3(CN(CCc4ccncc4)C(=O)[C@H]13)O2. The summed E-state index contributed by atoms with van der Waals surface area (Å²) in [6.45, 7) is 2.27. The summed E-state index contributed by atoms with van der Waals surface area (Å²) in [5, 5.41) is 4.18. The number of hydrogen-bond acceptors (Lipinski definition) is 5. The first-order chi connectivity index (χ1) is 14.6. The molecule has 4 atom stereocenters. The Morgan fingerprint density at radius 3 is 2.90 bits per heavy atom. The minimum atomic E-state index is -0.664. The van der Waals surface area contributed by atoms with E-state index in [1.54, 1.807) is 35.2 Å².